The van der Waals surface area contributed by atoms with Gasteiger partial charge in [0.05, 0.1) is 17.9 Å². The van der Waals surface area contributed by atoms with Crippen molar-refractivity contribution < 1.29 is 0 Å². The van der Waals surface area contributed by atoms with E-state index in [2.05, 4.69) is 44.9 Å². The number of nitrogens with one attached hydrogen (secondary N) is 2. The van der Waals surface area contributed by atoms with Gasteiger partial charge in [-0.25, -0.2) is 4.98 Å². The van der Waals surface area contributed by atoms with Gasteiger partial charge in [-0.1, -0.05) is 30.3 Å². The second kappa shape index (κ2) is 6.20. The first-order chi connectivity index (χ1) is 10.2. The van der Waals surface area contributed by atoms with Gasteiger partial charge in [-0.2, -0.15) is 5.10 Å². The number of aryl methyl sites for hydroxylation is 1. The maximum Gasteiger partial charge on any atom is 0.110 e. The number of hydrogen-bond acceptors (Lipinski definition) is 4. The van der Waals surface area contributed by atoms with Gasteiger partial charge in [0.1, 0.15) is 5.01 Å². The van der Waals surface area contributed by atoms with Crippen LogP contribution in [0.2, 0.25) is 0 Å². The lowest BCUT2D eigenvalue weighted by Crippen LogP contribution is -2.18. The zero-order valence-electron chi connectivity index (χ0n) is 12.1. The second-order valence-corrected chi connectivity index (χ2v) is 5.96. The number of benzene rings is 1. The molecule has 0 bridgehead atoms. The first-order valence-corrected chi connectivity index (χ1v) is 7.85. The van der Waals surface area contributed by atoms with Crippen LogP contribution in [-0.2, 0) is 6.54 Å². The highest BCUT2D eigenvalue weighted by Gasteiger charge is 2.12. The number of rotatable bonds is 5. The molecule has 1 atom stereocenters. The molecule has 108 valence electrons. The van der Waals surface area contributed by atoms with Gasteiger partial charge in [-0.15, -0.1) is 11.3 Å². The number of nitrogens with zero attached hydrogens (tertiary/aromatic N) is 2. The van der Waals surface area contributed by atoms with Crippen LogP contribution in [-0.4, -0.2) is 15.2 Å². The Hall–Kier alpha value is -1.98. The molecule has 0 saturated carbocycles. The van der Waals surface area contributed by atoms with E-state index < -0.39 is 0 Å². The molecule has 4 nitrogen and oxygen atoms in total. The molecule has 0 aliphatic rings. The minimum Gasteiger partial charge on any atom is -0.304 e. The fourth-order valence-electron chi connectivity index (χ4n) is 2.22. The Morgan fingerprint density at radius 2 is 2.10 bits per heavy atom. The Kier molecular flexibility index (Phi) is 4.13. The number of hydrogen-bond donors (Lipinski definition) is 2. The standard InChI is InChI=1S/C16H18N4S/c1-11-10-21-16(19-11)12(2)17-8-14-9-18-20-15(14)13-6-4-3-5-7-13/h3-7,9-10,12,17H,8H2,1-2H3,(H,18,20). The third kappa shape index (κ3) is 3.20. The van der Waals surface area contributed by atoms with Crippen molar-refractivity contribution in [3.63, 3.8) is 0 Å². The van der Waals surface area contributed by atoms with Crippen molar-refractivity contribution in [1.82, 2.24) is 20.5 Å². The van der Waals surface area contributed by atoms with E-state index in [1.165, 1.54) is 5.56 Å². The van der Waals surface area contributed by atoms with Crippen LogP contribution in [0.25, 0.3) is 11.3 Å². The molecule has 0 fully saturated rings. The molecule has 2 N–H and O–H groups in total. The first-order valence-electron chi connectivity index (χ1n) is 6.97. The van der Waals surface area contributed by atoms with Crippen LogP contribution < -0.4 is 5.32 Å². The minimum absolute atomic E-state index is 0.238. The van der Waals surface area contributed by atoms with E-state index in [1.54, 1.807) is 11.3 Å². The number of aromatic nitrogens is 3. The lowest BCUT2D eigenvalue weighted by molar-refractivity contribution is 0.571. The summed E-state index contributed by atoms with van der Waals surface area (Å²) < 4.78 is 0. The van der Waals surface area contributed by atoms with E-state index in [4.69, 9.17) is 0 Å². The average molecular weight is 298 g/mol. The molecule has 2 heterocycles. The fourth-order valence-corrected chi connectivity index (χ4v) is 3.05. The first kappa shape index (κ1) is 14.0. The van der Waals surface area contributed by atoms with E-state index in [1.807, 2.05) is 31.3 Å². The topological polar surface area (TPSA) is 53.6 Å². The molecule has 0 aliphatic carbocycles. The Bertz CT molecular complexity index is 702. The Morgan fingerprint density at radius 1 is 1.29 bits per heavy atom. The van der Waals surface area contributed by atoms with Crippen molar-refractivity contribution in [3.8, 4) is 11.3 Å². The molecule has 3 aromatic rings. The summed E-state index contributed by atoms with van der Waals surface area (Å²) in [5.41, 5.74) is 4.48. The molecular formula is C16H18N4S. The number of thiazole rings is 1. The van der Waals surface area contributed by atoms with Crippen LogP contribution in [0.4, 0.5) is 0 Å². The summed E-state index contributed by atoms with van der Waals surface area (Å²) in [6.07, 6.45) is 1.88. The van der Waals surface area contributed by atoms with E-state index in [9.17, 15) is 0 Å². The predicted molar refractivity (Wildman–Crippen MR) is 86.1 cm³/mol. The van der Waals surface area contributed by atoms with Crippen LogP contribution in [0.3, 0.4) is 0 Å². The van der Waals surface area contributed by atoms with Crippen LogP contribution in [0.5, 0.6) is 0 Å². The zero-order chi connectivity index (χ0) is 14.7. The lowest BCUT2D eigenvalue weighted by Gasteiger charge is -2.11. The molecule has 5 heteroatoms. The zero-order valence-corrected chi connectivity index (χ0v) is 12.9. The van der Waals surface area contributed by atoms with Gasteiger partial charge in [0.25, 0.3) is 0 Å². The number of aromatic amines is 1. The molecule has 0 aliphatic heterocycles. The van der Waals surface area contributed by atoms with E-state index >= 15 is 0 Å². The second-order valence-electron chi connectivity index (χ2n) is 5.07. The van der Waals surface area contributed by atoms with Gasteiger partial charge in [-0.05, 0) is 19.4 Å². The third-order valence-electron chi connectivity index (χ3n) is 3.39. The van der Waals surface area contributed by atoms with Crippen molar-refractivity contribution in [2.45, 2.75) is 26.4 Å². The smallest absolute Gasteiger partial charge is 0.110 e. The van der Waals surface area contributed by atoms with Crippen molar-refractivity contribution in [2.75, 3.05) is 0 Å². The quantitative estimate of drug-likeness (QED) is 0.755. The summed E-state index contributed by atoms with van der Waals surface area (Å²) in [5, 5.41) is 14.0. The van der Waals surface area contributed by atoms with Crippen molar-refractivity contribution in [3.05, 3.63) is 58.2 Å². The Balaban J connectivity index is 1.70. The SMILES string of the molecule is Cc1csc(C(C)NCc2cn[nH]c2-c2ccccc2)n1. The minimum atomic E-state index is 0.238. The van der Waals surface area contributed by atoms with Gasteiger partial charge >= 0.3 is 0 Å². The highest BCUT2D eigenvalue weighted by Crippen LogP contribution is 2.22. The predicted octanol–water partition coefficient (Wildman–Crippen LogP) is 3.69. The molecule has 0 spiro atoms. The monoisotopic (exact) mass is 298 g/mol. The van der Waals surface area contributed by atoms with Gasteiger partial charge in [-0.3, -0.25) is 5.10 Å². The lowest BCUT2D eigenvalue weighted by atomic mass is 10.1. The maximum absolute atomic E-state index is 4.52. The van der Waals surface area contributed by atoms with E-state index in [0.29, 0.717) is 0 Å². The maximum atomic E-state index is 4.52. The third-order valence-corrected chi connectivity index (χ3v) is 4.53. The summed E-state index contributed by atoms with van der Waals surface area (Å²) in [5.74, 6) is 0. The van der Waals surface area contributed by atoms with Gasteiger partial charge in [0.2, 0.25) is 0 Å². The van der Waals surface area contributed by atoms with Gasteiger partial charge < -0.3 is 5.32 Å². The van der Waals surface area contributed by atoms with E-state index in [-0.39, 0.29) is 6.04 Å². The van der Waals surface area contributed by atoms with Crippen LogP contribution >= 0.6 is 11.3 Å². The summed E-state index contributed by atoms with van der Waals surface area (Å²) >= 11 is 1.70. The average Bonchev–Trinajstić information content (AvgIpc) is 3.14. The highest BCUT2D eigenvalue weighted by molar-refractivity contribution is 7.09. The summed E-state index contributed by atoms with van der Waals surface area (Å²) in [6, 6.07) is 10.5. The summed E-state index contributed by atoms with van der Waals surface area (Å²) in [6.45, 7) is 4.93. The molecule has 0 saturated heterocycles. The Labute approximate surface area is 128 Å². The van der Waals surface area contributed by atoms with Gasteiger partial charge in [0, 0.05) is 23.2 Å². The fraction of sp³-hybridized carbons (Fsp3) is 0.250. The van der Waals surface area contributed by atoms with Crippen LogP contribution in [0, 0.1) is 6.92 Å². The van der Waals surface area contributed by atoms with Crippen molar-refractivity contribution >= 4 is 11.3 Å². The molecular weight excluding hydrogens is 280 g/mol. The number of H-pyrrole nitrogens is 1. The molecule has 1 unspecified atom stereocenters. The van der Waals surface area contributed by atoms with Gasteiger partial charge in [0.15, 0.2) is 0 Å². The largest absolute Gasteiger partial charge is 0.304 e. The summed E-state index contributed by atoms with van der Waals surface area (Å²) in [4.78, 5) is 4.52. The molecule has 21 heavy (non-hydrogen) atoms. The summed E-state index contributed by atoms with van der Waals surface area (Å²) in [7, 11) is 0. The molecule has 1 aromatic carbocycles. The molecule has 2 aromatic heterocycles. The normalized spacial score (nSPS) is 12.5. The molecule has 3 rings (SSSR count). The van der Waals surface area contributed by atoms with Crippen LogP contribution in [0.15, 0.2) is 41.9 Å². The van der Waals surface area contributed by atoms with E-state index in [0.717, 1.165) is 28.5 Å². The van der Waals surface area contributed by atoms with Crippen LogP contribution in [0.1, 0.15) is 29.2 Å². The molecule has 0 radical (unpaired) electrons. The molecule has 0 amide bonds. The van der Waals surface area contributed by atoms with Crippen molar-refractivity contribution in [1.29, 1.82) is 0 Å². The highest BCUT2D eigenvalue weighted by atomic mass is 32.1. The van der Waals surface area contributed by atoms with Crippen molar-refractivity contribution in [2.24, 2.45) is 0 Å². The Morgan fingerprint density at radius 3 is 2.81 bits per heavy atom.